The Morgan fingerprint density at radius 2 is 1.96 bits per heavy atom. The minimum atomic E-state index is -0.429. The van der Waals surface area contributed by atoms with Crippen molar-refractivity contribution in [1.29, 1.82) is 0 Å². The Morgan fingerprint density at radius 1 is 1.22 bits per heavy atom. The predicted octanol–water partition coefficient (Wildman–Crippen LogP) is 3.87. The smallest absolute Gasteiger partial charge is 0.247 e. The van der Waals surface area contributed by atoms with Gasteiger partial charge in [0.2, 0.25) is 11.8 Å². The van der Waals surface area contributed by atoms with E-state index in [0.717, 1.165) is 29.0 Å². The Bertz CT molecular complexity index is 830. The van der Waals surface area contributed by atoms with Crippen LogP contribution in [0, 0.1) is 0 Å². The number of para-hydroxylation sites is 1. The number of anilines is 1. The van der Waals surface area contributed by atoms with Crippen molar-refractivity contribution in [1.82, 2.24) is 4.90 Å². The highest BCUT2D eigenvalue weighted by molar-refractivity contribution is 6.00. The number of hydrogen-bond acceptors (Lipinski definition) is 3. The molecule has 140 valence electrons. The normalized spacial score (nSPS) is 16.0. The summed E-state index contributed by atoms with van der Waals surface area (Å²) in [7, 11) is 1.63. The van der Waals surface area contributed by atoms with E-state index in [9.17, 15) is 9.59 Å². The third kappa shape index (κ3) is 4.19. The maximum atomic E-state index is 12.9. The highest BCUT2D eigenvalue weighted by Gasteiger charge is 2.33. The van der Waals surface area contributed by atoms with E-state index >= 15 is 0 Å². The Balaban J connectivity index is 1.80. The first-order valence-electron chi connectivity index (χ1n) is 9.08. The largest absolute Gasteiger partial charge is 0.497 e. The lowest BCUT2D eigenvalue weighted by atomic mass is 10.0. The summed E-state index contributed by atoms with van der Waals surface area (Å²) in [4.78, 5) is 26.8. The molecule has 5 heteroatoms. The van der Waals surface area contributed by atoms with E-state index in [1.54, 1.807) is 18.1 Å². The van der Waals surface area contributed by atoms with Crippen molar-refractivity contribution in [2.24, 2.45) is 0 Å². The van der Waals surface area contributed by atoms with Crippen LogP contribution < -0.4 is 10.1 Å². The van der Waals surface area contributed by atoms with E-state index in [1.165, 1.54) is 0 Å². The number of carbonyl (C=O) groups is 2. The minimum Gasteiger partial charge on any atom is -0.497 e. The van der Waals surface area contributed by atoms with E-state index in [2.05, 4.69) is 11.9 Å². The summed E-state index contributed by atoms with van der Waals surface area (Å²) < 4.78 is 5.21. The van der Waals surface area contributed by atoms with E-state index in [4.69, 9.17) is 4.74 Å². The Labute approximate surface area is 159 Å². The number of nitrogens with one attached hydrogen (secondary N) is 1. The SMILES string of the molecule is C=CCC(=O)N1CCCC1C(=O)Nc1ccccc1-c1ccc(OC)cc1. The molecule has 1 fully saturated rings. The van der Waals surface area contributed by atoms with Crippen LogP contribution in [0.4, 0.5) is 5.69 Å². The van der Waals surface area contributed by atoms with E-state index in [-0.39, 0.29) is 18.2 Å². The van der Waals surface area contributed by atoms with Gasteiger partial charge in [0, 0.05) is 24.2 Å². The summed E-state index contributed by atoms with van der Waals surface area (Å²) >= 11 is 0. The highest BCUT2D eigenvalue weighted by Crippen LogP contribution is 2.30. The summed E-state index contributed by atoms with van der Waals surface area (Å²) in [5.41, 5.74) is 2.64. The van der Waals surface area contributed by atoms with Crippen LogP contribution in [0.5, 0.6) is 5.75 Å². The number of amides is 2. The van der Waals surface area contributed by atoms with Crippen molar-refractivity contribution in [2.75, 3.05) is 19.0 Å². The summed E-state index contributed by atoms with van der Waals surface area (Å²) in [5.74, 6) is 0.583. The van der Waals surface area contributed by atoms with Crippen LogP contribution in [-0.2, 0) is 9.59 Å². The van der Waals surface area contributed by atoms with E-state index in [1.807, 2.05) is 48.5 Å². The number of hydrogen-bond donors (Lipinski definition) is 1. The second-order valence-electron chi connectivity index (χ2n) is 6.50. The van der Waals surface area contributed by atoms with Crippen molar-refractivity contribution < 1.29 is 14.3 Å². The van der Waals surface area contributed by atoms with Gasteiger partial charge in [-0.3, -0.25) is 9.59 Å². The zero-order valence-corrected chi connectivity index (χ0v) is 15.5. The molecular weight excluding hydrogens is 340 g/mol. The van der Waals surface area contributed by atoms with Crippen LogP contribution in [0.2, 0.25) is 0 Å². The fraction of sp³-hybridized carbons (Fsp3) is 0.273. The van der Waals surface area contributed by atoms with Gasteiger partial charge in [-0.05, 0) is 36.6 Å². The summed E-state index contributed by atoms with van der Waals surface area (Å²) in [6.45, 7) is 4.23. The monoisotopic (exact) mass is 364 g/mol. The Kier molecular flexibility index (Phi) is 5.91. The molecule has 0 saturated carbocycles. The van der Waals surface area contributed by atoms with Gasteiger partial charge in [-0.2, -0.15) is 0 Å². The molecule has 1 saturated heterocycles. The van der Waals surface area contributed by atoms with Crippen molar-refractivity contribution >= 4 is 17.5 Å². The van der Waals surface area contributed by atoms with Gasteiger partial charge in [-0.25, -0.2) is 0 Å². The molecule has 1 atom stereocenters. The van der Waals surface area contributed by atoms with Crippen LogP contribution in [0.25, 0.3) is 11.1 Å². The third-order valence-electron chi connectivity index (χ3n) is 4.78. The highest BCUT2D eigenvalue weighted by atomic mass is 16.5. The number of ether oxygens (including phenoxy) is 1. The van der Waals surface area contributed by atoms with Gasteiger partial charge in [-0.1, -0.05) is 36.4 Å². The summed E-state index contributed by atoms with van der Waals surface area (Å²) in [6.07, 6.45) is 3.35. The molecule has 2 aromatic carbocycles. The quantitative estimate of drug-likeness (QED) is 0.792. The number of nitrogens with zero attached hydrogens (tertiary/aromatic N) is 1. The standard InChI is InChI=1S/C22H24N2O3/c1-3-7-21(25)24-15-6-10-20(24)22(26)23-19-9-5-4-8-18(19)16-11-13-17(27-2)14-12-16/h3-5,8-9,11-14,20H,1,6-7,10,15H2,2H3,(H,23,26). The zero-order chi connectivity index (χ0) is 19.2. The van der Waals surface area contributed by atoms with Crippen LogP contribution in [0.15, 0.2) is 61.2 Å². The molecule has 1 aliphatic rings. The summed E-state index contributed by atoms with van der Waals surface area (Å²) in [5, 5.41) is 3.02. The van der Waals surface area contributed by atoms with E-state index < -0.39 is 6.04 Å². The second kappa shape index (κ2) is 8.54. The van der Waals surface area contributed by atoms with Gasteiger partial charge >= 0.3 is 0 Å². The maximum absolute atomic E-state index is 12.9. The lowest BCUT2D eigenvalue weighted by molar-refractivity contribution is -0.135. The van der Waals surface area contributed by atoms with Gasteiger partial charge in [-0.15, -0.1) is 6.58 Å². The Morgan fingerprint density at radius 3 is 2.67 bits per heavy atom. The van der Waals surface area contributed by atoms with Crippen molar-refractivity contribution in [3.8, 4) is 16.9 Å². The average Bonchev–Trinajstić information content (AvgIpc) is 3.19. The average molecular weight is 364 g/mol. The van der Waals surface area contributed by atoms with Gasteiger partial charge in [0.25, 0.3) is 0 Å². The number of benzene rings is 2. The second-order valence-corrected chi connectivity index (χ2v) is 6.50. The molecule has 1 heterocycles. The van der Waals surface area contributed by atoms with Gasteiger partial charge in [0.1, 0.15) is 11.8 Å². The molecule has 0 radical (unpaired) electrons. The van der Waals surface area contributed by atoms with E-state index in [0.29, 0.717) is 13.0 Å². The molecule has 0 bridgehead atoms. The Hall–Kier alpha value is -3.08. The lowest BCUT2D eigenvalue weighted by Gasteiger charge is -2.24. The molecule has 0 aromatic heterocycles. The number of likely N-dealkylation sites (tertiary alicyclic amines) is 1. The molecule has 1 unspecified atom stereocenters. The maximum Gasteiger partial charge on any atom is 0.247 e. The van der Waals surface area contributed by atoms with Gasteiger partial charge < -0.3 is 15.0 Å². The molecule has 0 aliphatic carbocycles. The number of methoxy groups -OCH3 is 1. The van der Waals surface area contributed by atoms with Gasteiger partial charge in [0.15, 0.2) is 0 Å². The van der Waals surface area contributed by atoms with Crippen LogP contribution >= 0.6 is 0 Å². The number of carbonyl (C=O) groups excluding carboxylic acids is 2. The lowest BCUT2D eigenvalue weighted by Crippen LogP contribution is -2.43. The first kappa shape index (κ1) is 18.7. The van der Waals surface area contributed by atoms with Crippen molar-refractivity contribution in [3.63, 3.8) is 0 Å². The molecule has 2 aromatic rings. The van der Waals surface area contributed by atoms with Crippen molar-refractivity contribution in [3.05, 3.63) is 61.2 Å². The van der Waals surface area contributed by atoms with Gasteiger partial charge in [0.05, 0.1) is 7.11 Å². The molecule has 0 spiro atoms. The molecular formula is C22H24N2O3. The predicted molar refractivity (Wildman–Crippen MR) is 107 cm³/mol. The topological polar surface area (TPSA) is 58.6 Å². The molecule has 3 rings (SSSR count). The first-order valence-corrected chi connectivity index (χ1v) is 9.08. The van der Waals surface area contributed by atoms with Crippen LogP contribution in [0.3, 0.4) is 0 Å². The molecule has 27 heavy (non-hydrogen) atoms. The molecule has 5 nitrogen and oxygen atoms in total. The molecule has 2 amide bonds. The minimum absolute atomic E-state index is 0.0499. The fourth-order valence-electron chi connectivity index (χ4n) is 3.41. The molecule has 1 aliphatic heterocycles. The third-order valence-corrected chi connectivity index (χ3v) is 4.78. The van der Waals surface area contributed by atoms with Crippen LogP contribution in [-0.4, -0.2) is 36.4 Å². The number of rotatable bonds is 6. The zero-order valence-electron chi connectivity index (χ0n) is 15.5. The fourth-order valence-corrected chi connectivity index (χ4v) is 3.41. The van der Waals surface area contributed by atoms with Crippen LogP contribution in [0.1, 0.15) is 19.3 Å². The first-order chi connectivity index (χ1) is 13.1. The molecule has 1 N–H and O–H groups in total. The van der Waals surface area contributed by atoms with Crippen molar-refractivity contribution in [2.45, 2.75) is 25.3 Å². The summed E-state index contributed by atoms with van der Waals surface area (Å²) in [6, 6.07) is 14.9.